The van der Waals surface area contributed by atoms with Gasteiger partial charge in [-0.25, -0.2) is 13.6 Å². The molecule has 1 aromatic rings. The summed E-state index contributed by atoms with van der Waals surface area (Å²) in [5, 5.41) is 24.1. The average molecular weight is 399 g/mol. The van der Waals surface area contributed by atoms with Gasteiger partial charge in [-0.1, -0.05) is 0 Å². The van der Waals surface area contributed by atoms with Gasteiger partial charge in [-0.15, -0.1) is 0 Å². The van der Waals surface area contributed by atoms with Crippen LogP contribution < -0.4 is 15.4 Å². The molecule has 1 fully saturated rings. The number of alkyl halides is 5. The largest absolute Gasteiger partial charge is 0.618 e. The molecule has 0 aliphatic carbocycles. The van der Waals surface area contributed by atoms with E-state index < -0.39 is 24.0 Å². The van der Waals surface area contributed by atoms with Crippen molar-refractivity contribution in [2.24, 2.45) is 0 Å². The zero-order valence-corrected chi connectivity index (χ0v) is 14.1. The summed E-state index contributed by atoms with van der Waals surface area (Å²) in [6.07, 6.45) is -4.10. The molecule has 1 aliphatic rings. The van der Waals surface area contributed by atoms with Crippen molar-refractivity contribution in [1.82, 2.24) is 10.6 Å². The van der Waals surface area contributed by atoms with Crippen LogP contribution in [0.15, 0.2) is 18.3 Å². The van der Waals surface area contributed by atoms with Crippen molar-refractivity contribution in [3.8, 4) is 0 Å². The van der Waals surface area contributed by atoms with Crippen molar-refractivity contribution in [2.75, 3.05) is 13.1 Å². The quantitative estimate of drug-likeness (QED) is 0.404. The lowest BCUT2D eigenvalue weighted by Gasteiger charge is -2.32. The number of carbonyl (C=O) groups is 2. The van der Waals surface area contributed by atoms with Gasteiger partial charge < -0.3 is 20.9 Å². The Kier molecular flexibility index (Phi) is 7.46. The van der Waals surface area contributed by atoms with E-state index in [9.17, 15) is 32.0 Å². The molecule has 2 heterocycles. The second-order valence-electron chi connectivity index (χ2n) is 5.76. The van der Waals surface area contributed by atoms with Gasteiger partial charge >= 0.3 is 12.1 Å². The number of carboxylic acid groups (broad SMARTS) is 1. The third-order valence-electron chi connectivity index (χ3n) is 3.68. The highest BCUT2D eigenvalue weighted by Gasteiger charge is 2.42. The lowest BCUT2D eigenvalue weighted by molar-refractivity contribution is -0.614. The number of rotatable bonds is 3. The second kappa shape index (κ2) is 8.93. The van der Waals surface area contributed by atoms with E-state index in [2.05, 4.69) is 10.6 Å². The van der Waals surface area contributed by atoms with E-state index in [0.717, 1.165) is 0 Å². The highest BCUT2D eigenvalue weighted by Crippen LogP contribution is 2.37. The van der Waals surface area contributed by atoms with Gasteiger partial charge in [0.2, 0.25) is 11.6 Å². The Hall–Kier alpha value is -2.50. The summed E-state index contributed by atoms with van der Waals surface area (Å²) < 4.78 is 60.1. The first-order chi connectivity index (χ1) is 12.3. The Morgan fingerprint density at radius 2 is 2.04 bits per heavy atom. The van der Waals surface area contributed by atoms with Crippen LogP contribution in [0.5, 0.6) is 0 Å². The number of aromatic nitrogens is 1. The van der Waals surface area contributed by atoms with Crippen LogP contribution in [-0.2, 0) is 16.1 Å². The molecule has 2 rings (SSSR count). The fourth-order valence-electron chi connectivity index (χ4n) is 2.30. The van der Waals surface area contributed by atoms with Gasteiger partial charge in [0, 0.05) is 38.6 Å². The zero-order valence-electron chi connectivity index (χ0n) is 14.1. The number of carboxylic acids is 1. The smallest absolute Gasteiger partial charge is 0.490 e. The molecule has 12 heteroatoms. The van der Waals surface area contributed by atoms with E-state index in [1.165, 1.54) is 25.3 Å². The number of nitrogens with one attached hydrogen (secondary N) is 2. The number of pyridine rings is 1. The summed E-state index contributed by atoms with van der Waals surface area (Å²) in [4.78, 5) is 19.8. The summed E-state index contributed by atoms with van der Waals surface area (Å²) in [5.74, 6) is -6.77. The minimum Gasteiger partial charge on any atom is -0.618 e. The van der Waals surface area contributed by atoms with Gasteiger partial charge in [0.05, 0.1) is 5.92 Å². The van der Waals surface area contributed by atoms with Crippen molar-refractivity contribution >= 4 is 11.9 Å². The van der Waals surface area contributed by atoms with Crippen LogP contribution in [0.2, 0.25) is 0 Å². The van der Waals surface area contributed by atoms with Crippen LogP contribution in [0, 0.1) is 5.21 Å². The third-order valence-corrected chi connectivity index (χ3v) is 3.68. The maximum absolute atomic E-state index is 13.9. The number of piperidine rings is 1. The Morgan fingerprint density at radius 3 is 2.52 bits per heavy atom. The van der Waals surface area contributed by atoms with Crippen LogP contribution in [0.3, 0.4) is 0 Å². The molecule has 0 aromatic carbocycles. The number of nitrogens with zero attached hydrogens (tertiary/aromatic N) is 1. The number of hydrogen-bond acceptors (Lipinski definition) is 4. The van der Waals surface area contributed by atoms with Crippen LogP contribution in [0.25, 0.3) is 0 Å². The summed E-state index contributed by atoms with van der Waals surface area (Å²) in [6, 6.07) is 2.85. The maximum Gasteiger partial charge on any atom is 0.490 e. The van der Waals surface area contributed by atoms with Gasteiger partial charge in [0.1, 0.15) is 6.54 Å². The third kappa shape index (κ3) is 6.96. The molecule has 1 aliphatic heterocycles. The summed E-state index contributed by atoms with van der Waals surface area (Å²) >= 11 is 0. The normalized spacial score (nSPS) is 18.8. The molecule has 7 nitrogen and oxygen atoms in total. The fraction of sp³-hybridized carbons (Fsp3) is 0.533. The Morgan fingerprint density at radius 1 is 1.44 bits per heavy atom. The lowest BCUT2D eigenvalue weighted by atomic mass is 9.88. The van der Waals surface area contributed by atoms with Crippen LogP contribution in [0.1, 0.15) is 30.5 Å². The van der Waals surface area contributed by atoms with E-state index in [1.54, 1.807) is 0 Å². The van der Waals surface area contributed by atoms with Gasteiger partial charge in [0.25, 0.3) is 5.92 Å². The molecule has 0 saturated carbocycles. The van der Waals surface area contributed by atoms with Crippen molar-refractivity contribution in [3.05, 3.63) is 34.8 Å². The number of halogens is 5. The first-order valence-electron chi connectivity index (χ1n) is 7.69. The van der Waals surface area contributed by atoms with Crippen molar-refractivity contribution < 1.29 is 41.4 Å². The van der Waals surface area contributed by atoms with Crippen LogP contribution >= 0.6 is 0 Å². The Balaban J connectivity index is 0.000000445. The standard InChI is InChI=1S/C13H17F2N3O2.C2HF3O2/c1-9(19)17-7-11-6-10(2-5-18(11)20)12-8-16-4-3-13(12,14)15;3-2(4,5)1(6)7/h2,5-6,12,16H,3-4,7-8H2,1H3,(H,17,19);(H,6,7). The minimum atomic E-state index is -5.08. The molecule has 1 saturated heterocycles. The van der Waals surface area contributed by atoms with Gasteiger partial charge in [-0.3, -0.25) is 4.79 Å². The van der Waals surface area contributed by atoms with Crippen molar-refractivity contribution in [2.45, 2.75) is 37.9 Å². The molecule has 1 atom stereocenters. The topological polar surface area (TPSA) is 105 Å². The summed E-state index contributed by atoms with van der Waals surface area (Å²) in [7, 11) is 0. The molecule has 0 spiro atoms. The predicted octanol–water partition coefficient (Wildman–Crippen LogP) is 1.30. The van der Waals surface area contributed by atoms with E-state index in [0.29, 0.717) is 10.3 Å². The van der Waals surface area contributed by atoms with Crippen molar-refractivity contribution in [3.63, 3.8) is 0 Å². The molecule has 1 amide bonds. The molecular formula is C15H18F5N3O4. The van der Waals surface area contributed by atoms with Crippen molar-refractivity contribution in [1.29, 1.82) is 0 Å². The Bertz CT molecular complexity index is 682. The summed E-state index contributed by atoms with van der Waals surface area (Å²) in [6.45, 7) is 1.82. The maximum atomic E-state index is 13.9. The van der Waals surface area contributed by atoms with Gasteiger partial charge in [-0.05, 0) is 5.56 Å². The minimum absolute atomic E-state index is 0.0262. The first-order valence-corrected chi connectivity index (χ1v) is 7.69. The number of hydrogen-bond donors (Lipinski definition) is 3. The van der Waals surface area contributed by atoms with Gasteiger partial charge in [0.15, 0.2) is 6.20 Å². The first kappa shape index (κ1) is 22.5. The molecule has 3 N–H and O–H groups in total. The molecule has 152 valence electrons. The second-order valence-corrected chi connectivity index (χ2v) is 5.76. The molecular weight excluding hydrogens is 381 g/mol. The molecule has 27 heavy (non-hydrogen) atoms. The monoisotopic (exact) mass is 399 g/mol. The van der Waals surface area contributed by atoms with E-state index in [-0.39, 0.29) is 37.7 Å². The highest BCUT2D eigenvalue weighted by molar-refractivity contribution is 5.73. The lowest BCUT2D eigenvalue weighted by Crippen LogP contribution is -2.43. The molecule has 1 unspecified atom stereocenters. The molecule has 1 aromatic heterocycles. The number of carbonyl (C=O) groups excluding carboxylic acids is 1. The fourth-order valence-corrected chi connectivity index (χ4v) is 2.30. The predicted molar refractivity (Wildman–Crippen MR) is 81.8 cm³/mol. The van der Waals surface area contributed by atoms with Crippen LogP contribution in [-0.4, -0.2) is 42.2 Å². The molecule has 0 radical (unpaired) electrons. The van der Waals surface area contributed by atoms with Crippen LogP contribution in [0.4, 0.5) is 22.0 Å². The van der Waals surface area contributed by atoms with Gasteiger partial charge in [-0.2, -0.15) is 17.9 Å². The van der Waals surface area contributed by atoms with E-state index in [1.807, 2.05) is 0 Å². The zero-order chi connectivity index (χ0) is 20.8. The average Bonchev–Trinajstić information content (AvgIpc) is 2.53. The number of amides is 1. The molecule has 0 bridgehead atoms. The van der Waals surface area contributed by atoms with E-state index in [4.69, 9.17) is 9.90 Å². The van der Waals surface area contributed by atoms with E-state index >= 15 is 0 Å². The number of aliphatic carboxylic acids is 1. The SMILES string of the molecule is CC(=O)NCc1cc(C2CNCCC2(F)F)cc[n+]1[O-].O=C(O)C(F)(F)F. The highest BCUT2D eigenvalue weighted by atomic mass is 19.4. The summed E-state index contributed by atoms with van der Waals surface area (Å²) in [5.41, 5.74) is 0.661. The Labute approximate surface area is 150 Å².